The molecule has 0 spiro atoms. The van der Waals surface area contributed by atoms with Crippen LogP contribution in [0.15, 0.2) is 42.6 Å². The Bertz CT molecular complexity index is 1130. The van der Waals surface area contributed by atoms with Gasteiger partial charge in [0.1, 0.15) is 17.4 Å². The van der Waals surface area contributed by atoms with Gasteiger partial charge in [0.25, 0.3) is 5.91 Å². The summed E-state index contributed by atoms with van der Waals surface area (Å²) >= 11 is 0. The summed E-state index contributed by atoms with van der Waals surface area (Å²) in [6.45, 7) is 7.37. The number of anilines is 1. The Hall–Kier alpha value is -3.74. The van der Waals surface area contributed by atoms with Crippen LogP contribution in [0, 0.1) is 11.3 Å². The molecule has 1 aliphatic rings. The second-order valence-corrected chi connectivity index (χ2v) is 9.17. The number of hydrogen-bond acceptors (Lipinski definition) is 7. The van der Waals surface area contributed by atoms with Crippen LogP contribution in [0.4, 0.5) is 10.5 Å². The lowest BCUT2D eigenvalue weighted by Crippen LogP contribution is -2.39. The van der Waals surface area contributed by atoms with Crippen LogP contribution >= 0.6 is 0 Å². The SMILES string of the molecule is CC(C)(C)OC(=O)N1CCC=C(c2cccc(NC(=O)c3ccc(CNCCO)cn3)c2C#N)C1. The maximum absolute atomic E-state index is 12.8. The largest absolute Gasteiger partial charge is 0.444 e. The summed E-state index contributed by atoms with van der Waals surface area (Å²) in [4.78, 5) is 31.2. The van der Waals surface area contributed by atoms with Crippen molar-refractivity contribution < 1.29 is 19.4 Å². The highest BCUT2D eigenvalue weighted by Crippen LogP contribution is 2.29. The molecule has 0 saturated carbocycles. The number of aliphatic hydroxyl groups is 1. The van der Waals surface area contributed by atoms with Crippen molar-refractivity contribution in [2.75, 3.05) is 31.6 Å². The van der Waals surface area contributed by atoms with Crippen LogP contribution in [-0.4, -0.2) is 58.8 Å². The fourth-order valence-corrected chi connectivity index (χ4v) is 3.63. The van der Waals surface area contributed by atoms with E-state index in [4.69, 9.17) is 9.84 Å². The average molecular weight is 478 g/mol. The number of aromatic nitrogens is 1. The van der Waals surface area contributed by atoms with Gasteiger partial charge in [-0.3, -0.25) is 9.78 Å². The van der Waals surface area contributed by atoms with Crippen LogP contribution in [0.3, 0.4) is 0 Å². The van der Waals surface area contributed by atoms with Gasteiger partial charge in [-0.2, -0.15) is 5.26 Å². The van der Waals surface area contributed by atoms with E-state index in [0.29, 0.717) is 49.4 Å². The molecule has 2 amide bonds. The van der Waals surface area contributed by atoms with E-state index in [2.05, 4.69) is 21.7 Å². The number of nitrogens with one attached hydrogen (secondary N) is 2. The van der Waals surface area contributed by atoms with E-state index >= 15 is 0 Å². The van der Waals surface area contributed by atoms with Gasteiger partial charge in [0, 0.05) is 32.4 Å². The Kier molecular flexibility index (Phi) is 8.58. The molecule has 3 rings (SSSR count). The molecule has 35 heavy (non-hydrogen) atoms. The number of nitriles is 1. The molecule has 9 nitrogen and oxygen atoms in total. The molecule has 0 bridgehead atoms. The van der Waals surface area contributed by atoms with Crippen LogP contribution < -0.4 is 10.6 Å². The van der Waals surface area contributed by atoms with E-state index in [1.807, 2.05) is 32.9 Å². The van der Waals surface area contributed by atoms with Crippen molar-refractivity contribution in [2.24, 2.45) is 0 Å². The molecular weight excluding hydrogens is 446 g/mol. The lowest BCUT2D eigenvalue weighted by molar-refractivity contribution is 0.0273. The van der Waals surface area contributed by atoms with Crippen LogP contribution in [0.5, 0.6) is 0 Å². The number of hydrogen-bond donors (Lipinski definition) is 3. The zero-order chi connectivity index (χ0) is 25.4. The minimum absolute atomic E-state index is 0.0458. The van der Waals surface area contributed by atoms with Crippen molar-refractivity contribution in [3.8, 4) is 6.07 Å². The molecule has 0 fully saturated rings. The van der Waals surface area contributed by atoms with Gasteiger partial charge >= 0.3 is 6.09 Å². The van der Waals surface area contributed by atoms with E-state index in [-0.39, 0.29) is 12.3 Å². The van der Waals surface area contributed by atoms with Gasteiger partial charge in [0.05, 0.1) is 17.9 Å². The van der Waals surface area contributed by atoms with E-state index < -0.39 is 17.6 Å². The first-order valence-electron chi connectivity index (χ1n) is 11.5. The molecule has 2 aromatic rings. The summed E-state index contributed by atoms with van der Waals surface area (Å²) in [7, 11) is 0. The molecule has 1 aromatic heterocycles. The summed E-state index contributed by atoms with van der Waals surface area (Å²) in [5.74, 6) is -0.429. The van der Waals surface area contributed by atoms with Gasteiger partial charge in [-0.05, 0) is 56.0 Å². The molecule has 184 valence electrons. The van der Waals surface area contributed by atoms with Gasteiger partial charge in [-0.25, -0.2) is 4.79 Å². The highest BCUT2D eigenvalue weighted by atomic mass is 16.6. The normalized spacial score (nSPS) is 13.6. The molecule has 2 heterocycles. The number of amides is 2. The molecular formula is C26H31N5O4. The highest BCUT2D eigenvalue weighted by Gasteiger charge is 2.26. The summed E-state index contributed by atoms with van der Waals surface area (Å²) in [6, 6.07) is 10.8. The fraction of sp³-hybridized carbons (Fsp3) is 0.385. The quantitative estimate of drug-likeness (QED) is 0.522. The monoisotopic (exact) mass is 477 g/mol. The van der Waals surface area contributed by atoms with E-state index in [0.717, 1.165) is 11.1 Å². The van der Waals surface area contributed by atoms with Crippen LogP contribution in [0.2, 0.25) is 0 Å². The Morgan fingerprint density at radius 1 is 1.26 bits per heavy atom. The predicted octanol–water partition coefficient (Wildman–Crippen LogP) is 3.31. The molecule has 0 atom stereocenters. The van der Waals surface area contributed by atoms with E-state index in [1.165, 1.54) is 0 Å². The molecule has 0 saturated heterocycles. The Balaban J connectivity index is 1.75. The highest BCUT2D eigenvalue weighted by molar-refractivity contribution is 6.04. The van der Waals surface area contributed by atoms with Crippen molar-refractivity contribution in [2.45, 2.75) is 39.3 Å². The zero-order valence-electron chi connectivity index (χ0n) is 20.3. The van der Waals surface area contributed by atoms with Crippen molar-refractivity contribution in [1.82, 2.24) is 15.2 Å². The Morgan fingerprint density at radius 3 is 2.71 bits per heavy atom. The minimum atomic E-state index is -0.595. The zero-order valence-corrected chi connectivity index (χ0v) is 20.3. The van der Waals surface area contributed by atoms with Gasteiger partial charge in [0.15, 0.2) is 0 Å². The van der Waals surface area contributed by atoms with Crippen LogP contribution in [-0.2, 0) is 11.3 Å². The molecule has 0 radical (unpaired) electrons. The molecule has 1 aromatic carbocycles. The lowest BCUT2D eigenvalue weighted by atomic mass is 9.95. The third-order valence-electron chi connectivity index (χ3n) is 5.25. The van der Waals surface area contributed by atoms with E-state index in [9.17, 15) is 14.9 Å². The summed E-state index contributed by atoms with van der Waals surface area (Å²) in [6.07, 6.45) is 3.85. The third kappa shape index (κ3) is 7.12. The molecule has 9 heteroatoms. The maximum Gasteiger partial charge on any atom is 0.410 e. The molecule has 0 aliphatic carbocycles. The van der Waals surface area contributed by atoms with Crippen molar-refractivity contribution in [3.63, 3.8) is 0 Å². The van der Waals surface area contributed by atoms with Gasteiger partial charge < -0.3 is 25.4 Å². The Morgan fingerprint density at radius 2 is 2.06 bits per heavy atom. The number of nitrogens with zero attached hydrogens (tertiary/aromatic N) is 3. The minimum Gasteiger partial charge on any atom is -0.444 e. The number of rotatable bonds is 7. The summed E-state index contributed by atoms with van der Waals surface area (Å²) in [5.41, 5.74) is 2.70. The number of carbonyl (C=O) groups excluding carboxylic acids is 2. The predicted molar refractivity (Wildman–Crippen MR) is 133 cm³/mol. The van der Waals surface area contributed by atoms with Crippen molar-refractivity contribution in [1.29, 1.82) is 5.26 Å². The number of aliphatic hydroxyl groups excluding tert-OH is 1. The molecule has 1 aliphatic heterocycles. The standard InChI is InChI=1S/C26H31N5O4/c1-26(2,3)35-25(34)31-12-5-6-19(17-31)20-7-4-8-22(21(20)14-27)30-24(33)23-10-9-18(16-29-23)15-28-11-13-32/h4,6-10,16,28,32H,5,11-13,15,17H2,1-3H3,(H,30,33). The van der Waals surface area contributed by atoms with Gasteiger partial charge in [0.2, 0.25) is 0 Å². The van der Waals surface area contributed by atoms with Crippen molar-refractivity contribution in [3.05, 3.63) is 65.0 Å². The van der Waals surface area contributed by atoms with Crippen LogP contribution in [0.25, 0.3) is 5.57 Å². The van der Waals surface area contributed by atoms with Crippen molar-refractivity contribution >= 4 is 23.3 Å². The Labute approximate surface area is 205 Å². The van der Waals surface area contributed by atoms with Gasteiger partial charge in [-0.15, -0.1) is 0 Å². The lowest BCUT2D eigenvalue weighted by Gasteiger charge is -2.30. The average Bonchev–Trinajstić information content (AvgIpc) is 2.83. The number of ether oxygens (including phenoxy) is 1. The topological polar surface area (TPSA) is 128 Å². The molecule has 0 unspecified atom stereocenters. The first-order chi connectivity index (χ1) is 16.7. The van der Waals surface area contributed by atoms with E-state index in [1.54, 1.807) is 35.4 Å². The first-order valence-corrected chi connectivity index (χ1v) is 11.5. The smallest absolute Gasteiger partial charge is 0.410 e. The van der Waals surface area contributed by atoms with Crippen LogP contribution in [0.1, 0.15) is 54.4 Å². The first kappa shape index (κ1) is 25.9. The number of benzene rings is 1. The molecule has 3 N–H and O–H groups in total. The number of pyridine rings is 1. The second kappa shape index (κ2) is 11.6. The summed E-state index contributed by atoms with van der Waals surface area (Å²) < 4.78 is 5.49. The second-order valence-electron chi connectivity index (χ2n) is 9.17. The fourth-order valence-electron chi connectivity index (χ4n) is 3.63. The number of carbonyl (C=O) groups is 2. The summed E-state index contributed by atoms with van der Waals surface area (Å²) in [5, 5.41) is 24.6. The maximum atomic E-state index is 12.8. The third-order valence-corrected chi connectivity index (χ3v) is 5.25. The van der Waals surface area contributed by atoms with Gasteiger partial charge in [-0.1, -0.05) is 24.3 Å².